The number of para-hydroxylation sites is 2. The number of fused-ring (bicyclic) bond motifs is 2. The van der Waals surface area contributed by atoms with Crippen molar-refractivity contribution in [1.29, 1.82) is 0 Å². The second-order valence-corrected chi connectivity index (χ2v) is 9.01. The highest BCUT2D eigenvalue weighted by molar-refractivity contribution is 8.18. The summed E-state index contributed by atoms with van der Waals surface area (Å²) < 4.78 is 19.3. The fourth-order valence-electron chi connectivity index (χ4n) is 4.31. The molecule has 12 heteroatoms. The maximum atomic E-state index is 14.4. The van der Waals surface area contributed by atoms with Crippen LogP contribution in [0.25, 0.3) is 0 Å². The van der Waals surface area contributed by atoms with Crippen molar-refractivity contribution in [3.8, 4) is 0 Å². The van der Waals surface area contributed by atoms with Crippen LogP contribution < -0.4 is 4.90 Å². The molecule has 0 saturated heterocycles. The lowest BCUT2D eigenvalue weighted by atomic mass is 9.83. The van der Waals surface area contributed by atoms with Crippen molar-refractivity contribution in [2.24, 2.45) is 4.99 Å². The van der Waals surface area contributed by atoms with Crippen molar-refractivity contribution in [2.75, 3.05) is 33.3 Å². The van der Waals surface area contributed by atoms with Gasteiger partial charge in [-0.1, -0.05) is 48.2 Å². The molecule has 39 heavy (non-hydrogen) atoms. The van der Waals surface area contributed by atoms with E-state index in [9.17, 15) is 24.0 Å². The molecule has 200 valence electrons. The highest BCUT2D eigenvalue weighted by Gasteiger charge is 2.61. The van der Waals surface area contributed by atoms with Crippen molar-refractivity contribution >= 4 is 58.0 Å². The topological polar surface area (TPSA) is 138 Å². The van der Waals surface area contributed by atoms with Gasteiger partial charge in [-0.15, -0.1) is 0 Å². The maximum absolute atomic E-state index is 14.4. The molecule has 2 aromatic rings. The third-order valence-electron chi connectivity index (χ3n) is 5.98. The molecule has 4 rings (SSSR count). The molecule has 1 atom stereocenters. The molecule has 0 fully saturated rings. The van der Waals surface area contributed by atoms with E-state index in [0.717, 1.165) is 34.5 Å². The summed E-state index contributed by atoms with van der Waals surface area (Å²) in [6.45, 7) is 0. The van der Waals surface area contributed by atoms with Gasteiger partial charge in [0.05, 0.1) is 39.7 Å². The molecule has 11 nitrogen and oxygen atoms in total. The van der Waals surface area contributed by atoms with E-state index in [2.05, 4.69) is 9.73 Å². The van der Waals surface area contributed by atoms with Gasteiger partial charge in [-0.2, -0.15) is 0 Å². The molecule has 1 spiro atoms. The van der Waals surface area contributed by atoms with Crippen LogP contribution in [0.15, 0.2) is 81.7 Å². The highest BCUT2D eigenvalue weighted by Crippen LogP contribution is 2.55. The van der Waals surface area contributed by atoms with Gasteiger partial charge < -0.3 is 18.9 Å². The van der Waals surface area contributed by atoms with E-state index in [1.54, 1.807) is 54.6 Å². The Morgan fingerprint density at radius 2 is 1.49 bits per heavy atom. The molecule has 2 aromatic carbocycles. The van der Waals surface area contributed by atoms with Gasteiger partial charge in [-0.05, 0) is 18.2 Å². The average molecular weight is 551 g/mol. The van der Waals surface area contributed by atoms with E-state index in [1.165, 1.54) is 4.90 Å². The zero-order valence-electron chi connectivity index (χ0n) is 21.3. The van der Waals surface area contributed by atoms with Crippen LogP contribution in [0.5, 0.6) is 0 Å². The number of carbonyl (C=O) groups is 5. The molecule has 1 amide bonds. The summed E-state index contributed by atoms with van der Waals surface area (Å²) in [5.41, 5.74) is -1.63. The molecule has 0 aliphatic carbocycles. The van der Waals surface area contributed by atoms with E-state index in [-0.39, 0.29) is 9.95 Å². The van der Waals surface area contributed by atoms with Crippen molar-refractivity contribution < 1.29 is 42.9 Å². The molecule has 0 N–H and O–H groups in total. The van der Waals surface area contributed by atoms with Crippen LogP contribution in [0.1, 0.15) is 5.56 Å². The molecule has 0 aromatic heterocycles. The third-order valence-corrected chi connectivity index (χ3v) is 6.97. The monoisotopic (exact) mass is 550 g/mol. The van der Waals surface area contributed by atoms with Gasteiger partial charge in [-0.3, -0.25) is 14.7 Å². The number of carbonyl (C=O) groups excluding carboxylic acids is 5. The first kappa shape index (κ1) is 27.3. The normalized spacial score (nSPS) is 18.1. The summed E-state index contributed by atoms with van der Waals surface area (Å²) in [5, 5.41) is -0.235. The highest BCUT2D eigenvalue weighted by atomic mass is 32.2. The van der Waals surface area contributed by atoms with E-state index < -0.39 is 46.5 Å². The zero-order valence-corrected chi connectivity index (χ0v) is 22.1. The predicted octanol–water partition coefficient (Wildman–Crippen LogP) is 2.58. The van der Waals surface area contributed by atoms with E-state index in [1.807, 2.05) is 0 Å². The molecule has 0 saturated carbocycles. The third kappa shape index (κ3) is 4.48. The van der Waals surface area contributed by atoms with Gasteiger partial charge in [0.25, 0.3) is 5.91 Å². The Bertz CT molecular complexity index is 1480. The summed E-state index contributed by atoms with van der Waals surface area (Å²) in [7, 11) is 4.39. The Kier molecular flexibility index (Phi) is 7.68. The van der Waals surface area contributed by atoms with Crippen LogP contribution in [-0.2, 0) is 48.5 Å². The van der Waals surface area contributed by atoms with Crippen LogP contribution >= 0.6 is 11.8 Å². The van der Waals surface area contributed by atoms with Gasteiger partial charge in [0, 0.05) is 17.3 Å². The van der Waals surface area contributed by atoms with Gasteiger partial charge in [0.15, 0.2) is 0 Å². The number of benzene rings is 2. The van der Waals surface area contributed by atoms with E-state index in [4.69, 9.17) is 14.2 Å². The van der Waals surface area contributed by atoms with Gasteiger partial charge in [-0.25, -0.2) is 19.2 Å². The number of amides is 1. The summed E-state index contributed by atoms with van der Waals surface area (Å²) in [4.78, 5) is 71.0. The lowest BCUT2D eigenvalue weighted by Gasteiger charge is -2.23. The lowest BCUT2D eigenvalue weighted by Crippen LogP contribution is -2.40. The molecule has 2 aliphatic rings. The van der Waals surface area contributed by atoms with Gasteiger partial charge in [0.1, 0.15) is 15.5 Å². The van der Waals surface area contributed by atoms with Crippen molar-refractivity contribution in [2.45, 2.75) is 5.54 Å². The maximum Gasteiger partial charge on any atom is 0.345 e. The van der Waals surface area contributed by atoms with E-state index >= 15 is 0 Å². The number of nitrogens with zero attached hydrogens (tertiary/aromatic N) is 2. The number of anilines is 2. The summed E-state index contributed by atoms with van der Waals surface area (Å²) in [5.74, 6) is -4.51. The largest absolute Gasteiger partial charge is 0.466 e. The number of methoxy groups -OCH3 is 4. The zero-order chi connectivity index (χ0) is 28.3. The lowest BCUT2D eigenvalue weighted by molar-refractivity contribution is -0.140. The summed E-state index contributed by atoms with van der Waals surface area (Å²) >= 11 is 0.545. The fraction of sp³-hybridized carbons (Fsp3) is 0.185. The standard InChI is InChI=1S/C27H22N2O9S/c1-35-19(30)14-18(23(31)36-2)39-22-20(24(32)37-3)21(25(33)38-4)27(28-22)16-12-8-9-13-17(16)29(26(27)34)15-10-6-5-7-11-15/h5-14H,1-4H3/b18-14+/t27-/m0/s1. The number of thioether (sulfide) groups is 1. The summed E-state index contributed by atoms with van der Waals surface area (Å²) in [6, 6.07) is 15.3. The van der Waals surface area contributed by atoms with Gasteiger partial charge in [0.2, 0.25) is 5.54 Å². The second-order valence-electron chi connectivity index (χ2n) is 7.98. The first-order chi connectivity index (χ1) is 18.7. The molecule has 2 aliphatic heterocycles. The molecule has 0 radical (unpaired) electrons. The van der Waals surface area contributed by atoms with Crippen LogP contribution in [-0.4, -0.2) is 63.3 Å². The molecular weight excluding hydrogens is 528 g/mol. The molecule has 0 bridgehead atoms. The smallest absolute Gasteiger partial charge is 0.345 e. The number of hydrogen-bond acceptors (Lipinski definition) is 11. The fourth-order valence-corrected chi connectivity index (χ4v) is 5.31. The number of esters is 4. The predicted molar refractivity (Wildman–Crippen MR) is 140 cm³/mol. The Morgan fingerprint density at radius 3 is 2.10 bits per heavy atom. The Balaban J connectivity index is 2.04. The van der Waals surface area contributed by atoms with Crippen LogP contribution in [0.4, 0.5) is 11.4 Å². The van der Waals surface area contributed by atoms with Gasteiger partial charge >= 0.3 is 23.9 Å². The Labute approximate surface area is 227 Å². The van der Waals surface area contributed by atoms with Crippen LogP contribution in [0.3, 0.4) is 0 Å². The molecular formula is C27H22N2O9S. The van der Waals surface area contributed by atoms with E-state index in [0.29, 0.717) is 28.7 Å². The summed E-state index contributed by atoms with van der Waals surface area (Å²) in [6.07, 6.45) is 0.845. The Morgan fingerprint density at radius 1 is 0.846 bits per heavy atom. The minimum atomic E-state index is -2.06. The number of hydrogen-bond donors (Lipinski definition) is 0. The average Bonchev–Trinajstić information content (AvgIpc) is 3.43. The quantitative estimate of drug-likeness (QED) is 0.300. The minimum absolute atomic E-state index is 0.235. The second kappa shape index (κ2) is 11.0. The molecule has 0 unspecified atom stereocenters. The minimum Gasteiger partial charge on any atom is -0.466 e. The SMILES string of the molecule is COC(=O)/C=C(/SC1=N[C@]2(C(=O)N(c3ccccc3)c3ccccc32)C(C(=O)OC)=C1C(=O)OC)C(=O)OC. The van der Waals surface area contributed by atoms with Crippen LogP contribution in [0, 0.1) is 0 Å². The van der Waals surface area contributed by atoms with Crippen molar-refractivity contribution in [1.82, 2.24) is 0 Å². The number of ether oxygens (including phenoxy) is 4. The number of rotatable bonds is 6. The number of aliphatic imine (C=N–C) groups is 1. The first-order valence-corrected chi connectivity index (χ1v) is 12.1. The van der Waals surface area contributed by atoms with Crippen molar-refractivity contribution in [3.63, 3.8) is 0 Å². The molecule has 2 heterocycles. The van der Waals surface area contributed by atoms with Crippen molar-refractivity contribution in [3.05, 3.63) is 82.3 Å². The first-order valence-electron chi connectivity index (χ1n) is 11.3. The Hall–Kier alpha value is -4.71. The van der Waals surface area contributed by atoms with Crippen LogP contribution in [0.2, 0.25) is 0 Å².